The van der Waals surface area contributed by atoms with Crippen LogP contribution in [0.1, 0.15) is 36.0 Å². The van der Waals surface area contributed by atoms with Gasteiger partial charge in [-0.3, -0.25) is 14.5 Å². The van der Waals surface area contributed by atoms with Crippen molar-refractivity contribution in [1.29, 1.82) is 0 Å². The zero-order valence-electron chi connectivity index (χ0n) is 18.5. The highest BCUT2D eigenvalue weighted by atomic mass is 16.3. The summed E-state index contributed by atoms with van der Waals surface area (Å²) in [6.07, 6.45) is 2.46. The van der Waals surface area contributed by atoms with Gasteiger partial charge >= 0.3 is 0 Å². The molecule has 0 bridgehead atoms. The average Bonchev–Trinajstić information content (AvgIpc) is 3.59. The standard InChI is InChI=1S/C25H33N3O3/c1-19-7-6-8-20(2)25(19)26-23(30)18-27(22-11-12-22)14-13-24(31)28(15-16-29)17-21-9-4-3-5-10-21/h3-10,22,29H,11-18H2,1-2H3,(H,26,30). The van der Waals surface area contributed by atoms with E-state index in [-0.39, 0.29) is 25.0 Å². The molecule has 0 radical (unpaired) electrons. The van der Waals surface area contributed by atoms with E-state index in [2.05, 4.69) is 10.2 Å². The second-order valence-corrected chi connectivity index (χ2v) is 8.29. The Bertz CT molecular complexity index is 861. The summed E-state index contributed by atoms with van der Waals surface area (Å²) in [6, 6.07) is 16.1. The largest absolute Gasteiger partial charge is 0.395 e. The Morgan fingerprint density at radius 2 is 1.68 bits per heavy atom. The number of aliphatic hydroxyl groups is 1. The third-order valence-electron chi connectivity index (χ3n) is 5.71. The van der Waals surface area contributed by atoms with E-state index in [4.69, 9.17) is 0 Å². The van der Waals surface area contributed by atoms with Crippen LogP contribution in [0.15, 0.2) is 48.5 Å². The highest BCUT2D eigenvalue weighted by Crippen LogP contribution is 2.27. The number of hydrogen-bond acceptors (Lipinski definition) is 4. The van der Waals surface area contributed by atoms with Gasteiger partial charge in [0.1, 0.15) is 0 Å². The molecule has 2 aromatic carbocycles. The lowest BCUT2D eigenvalue weighted by Gasteiger charge is -2.25. The maximum absolute atomic E-state index is 12.8. The first-order chi connectivity index (χ1) is 15.0. The highest BCUT2D eigenvalue weighted by Gasteiger charge is 2.31. The van der Waals surface area contributed by atoms with Crippen LogP contribution in [-0.4, -0.2) is 59.0 Å². The molecule has 0 unspecified atom stereocenters. The number of amides is 2. The molecule has 31 heavy (non-hydrogen) atoms. The van der Waals surface area contributed by atoms with Crippen molar-refractivity contribution in [3.8, 4) is 0 Å². The number of aliphatic hydroxyl groups excluding tert-OH is 1. The van der Waals surface area contributed by atoms with Gasteiger partial charge in [-0.05, 0) is 43.4 Å². The van der Waals surface area contributed by atoms with Crippen molar-refractivity contribution in [1.82, 2.24) is 9.80 Å². The van der Waals surface area contributed by atoms with Crippen molar-refractivity contribution in [2.24, 2.45) is 0 Å². The molecule has 6 heteroatoms. The molecule has 0 heterocycles. The minimum Gasteiger partial charge on any atom is -0.395 e. The summed E-state index contributed by atoms with van der Waals surface area (Å²) in [6.45, 7) is 5.53. The first-order valence-corrected chi connectivity index (χ1v) is 11.0. The van der Waals surface area contributed by atoms with E-state index in [9.17, 15) is 14.7 Å². The maximum Gasteiger partial charge on any atom is 0.238 e. The number of anilines is 1. The van der Waals surface area contributed by atoms with Crippen LogP contribution in [0, 0.1) is 13.8 Å². The lowest BCUT2D eigenvalue weighted by Crippen LogP contribution is -2.39. The molecule has 1 aliphatic carbocycles. The van der Waals surface area contributed by atoms with Gasteiger partial charge in [-0.2, -0.15) is 0 Å². The topological polar surface area (TPSA) is 72.9 Å². The van der Waals surface area contributed by atoms with E-state index in [1.165, 1.54) is 0 Å². The van der Waals surface area contributed by atoms with Gasteiger partial charge in [0.15, 0.2) is 0 Å². The van der Waals surface area contributed by atoms with E-state index in [1.807, 2.05) is 62.4 Å². The number of nitrogens with zero attached hydrogens (tertiary/aromatic N) is 2. The van der Waals surface area contributed by atoms with Crippen molar-refractivity contribution in [3.63, 3.8) is 0 Å². The Hall–Kier alpha value is -2.70. The van der Waals surface area contributed by atoms with Crippen molar-refractivity contribution in [2.45, 2.75) is 45.7 Å². The molecule has 0 atom stereocenters. The van der Waals surface area contributed by atoms with Crippen molar-refractivity contribution < 1.29 is 14.7 Å². The minimum atomic E-state index is -0.0664. The molecule has 2 aromatic rings. The molecule has 2 N–H and O–H groups in total. The molecular weight excluding hydrogens is 390 g/mol. The van der Waals surface area contributed by atoms with E-state index in [1.54, 1.807) is 4.90 Å². The SMILES string of the molecule is Cc1cccc(C)c1NC(=O)CN(CCC(=O)N(CCO)Cc1ccccc1)C1CC1. The number of rotatable bonds is 11. The average molecular weight is 424 g/mol. The van der Waals surface area contributed by atoms with Crippen LogP contribution in [0.5, 0.6) is 0 Å². The molecule has 0 aromatic heterocycles. The minimum absolute atomic E-state index is 0.00119. The van der Waals surface area contributed by atoms with Crippen LogP contribution < -0.4 is 5.32 Å². The maximum atomic E-state index is 12.8. The smallest absolute Gasteiger partial charge is 0.238 e. The fraction of sp³-hybridized carbons (Fsp3) is 0.440. The third kappa shape index (κ3) is 6.91. The van der Waals surface area contributed by atoms with Gasteiger partial charge in [0.05, 0.1) is 13.2 Å². The zero-order valence-corrected chi connectivity index (χ0v) is 18.5. The van der Waals surface area contributed by atoms with Crippen molar-refractivity contribution in [2.75, 3.05) is 31.6 Å². The van der Waals surface area contributed by atoms with Gasteiger partial charge in [-0.25, -0.2) is 0 Å². The second-order valence-electron chi connectivity index (χ2n) is 8.29. The normalized spacial score (nSPS) is 13.3. The number of carbonyl (C=O) groups excluding carboxylic acids is 2. The molecule has 6 nitrogen and oxygen atoms in total. The van der Waals surface area contributed by atoms with E-state index < -0.39 is 0 Å². The van der Waals surface area contributed by atoms with Crippen LogP contribution in [0.25, 0.3) is 0 Å². The highest BCUT2D eigenvalue weighted by molar-refractivity contribution is 5.93. The molecule has 3 rings (SSSR count). The zero-order chi connectivity index (χ0) is 22.2. The number of para-hydroxylation sites is 1. The van der Waals surface area contributed by atoms with Gasteiger partial charge < -0.3 is 15.3 Å². The Morgan fingerprint density at radius 1 is 1.00 bits per heavy atom. The fourth-order valence-corrected chi connectivity index (χ4v) is 3.82. The van der Waals surface area contributed by atoms with Gasteiger partial charge in [-0.15, -0.1) is 0 Å². The Labute approximate surface area is 184 Å². The van der Waals surface area contributed by atoms with E-state index >= 15 is 0 Å². The molecular formula is C25H33N3O3. The van der Waals surface area contributed by atoms with E-state index in [0.29, 0.717) is 32.1 Å². The van der Waals surface area contributed by atoms with Crippen molar-refractivity contribution >= 4 is 17.5 Å². The summed E-state index contributed by atoms with van der Waals surface area (Å²) in [5.41, 5.74) is 4.00. The second kappa shape index (κ2) is 11.1. The molecule has 1 aliphatic rings. The first kappa shape index (κ1) is 23.0. The predicted molar refractivity (Wildman–Crippen MR) is 123 cm³/mol. The molecule has 0 saturated heterocycles. The Kier molecular flexibility index (Phi) is 8.20. The molecule has 2 amide bonds. The van der Waals surface area contributed by atoms with Gasteiger partial charge in [0.2, 0.25) is 11.8 Å². The number of aryl methyl sites for hydroxylation is 2. The number of nitrogens with one attached hydrogen (secondary N) is 1. The third-order valence-corrected chi connectivity index (χ3v) is 5.71. The van der Waals surface area contributed by atoms with Crippen LogP contribution >= 0.6 is 0 Å². The summed E-state index contributed by atoms with van der Waals surface area (Å²) in [5.74, 6) is -0.0491. The summed E-state index contributed by atoms with van der Waals surface area (Å²) < 4.78 is 0. The van der Waals surface area contributed by atoms with Crippen LogP contribution in [0.4, 0.5) is 5.69 Å². The van der Waals surface area contributed by atoms with Gasteiger partial charge in [-0.1, -0.05) is 48.5 Å². The fourth-order valence-electron chi connectivity index (χ4n) is 3.82. The Balaban J connectivity index is 1.55. The summed E-state index contributed by atoms with van der Waals surface area (Å²) >= 11 is 0. The lowest BCUT2D eigenvalue weighted by molar-refractivity contribution is -0.133. The predicted octanol–water partition coefficient (Wildman–Crippen LogP) is 3.12. The first-order valence-electron chi connectivity index (χ1n) is 11.0. The number of carbonyl (C=O) groups is 2. The molecule has 0 spiro atoms. The number of benzene rings is 2. The summed E-state index contributed by atoms with van der Waals surface area (Å²) in [4.78, 5) is 29.3. The van der Waals surface area contributed by atoms with Crippen LogP contribution in [-0.2, 0) is 16.1 Å². The Morgan fingerprint density at radius 3 is 2.29 bits per heavy atom. The quantitative estimate of drug-likeness (QED) is 0.583. The van der Waals surface area contributed by atoms with Gasteiger partial charge in [0, 0.05) is 37.8 Å². The molecule has 0 aliphatic heterocycles. The van der Waals surface area contributed by atoms with Gasteiger partial charge in [0.25, 0.3) is 0 Å². The van der Waals surface area contributed by atoms with Crippen LogP contribution in [0.3, 0.4) is 0 Å². The molecule has 1 fully saturated rings. The van der Waals surface area contributed by atoms with Crippen LogP contribution in [0.2, 0.25) is 0 Å². The monoisotopic (exact) mass is 423 g/mol. The summed E-state index contributed by atoms with van der Waals surface area (Å²) in [7, 11) is 0. The molecule has 166 valence electrons. The summed E-state index contributed by atoms with van der Waals surface area (Å²) in [5, 5.41) is 12.4. The van der Waals surface area contributed by atoms with E-state index in [0.717, 1.165) is 35.2 Å². The lowest BCUT2D eigenvalue weighted by atomic mass is 10.1. The number of hydrogen-bond donors (Lipinski definition) is 2. The van der Waals surface area contributed by atoms with Crippen molar-refractivity contribution in [3.05, 3.63) is 65.2 Å². The molecule has 1 saturated carbocycles.